The van der Waals surface area contributed by atoms with Crippen molar-refractivity contribution in [2.24, 2.45) is 0 Å². The van der Waals surface area contributed by atoms with Crippen molar-refractivity contribution < 1.29 is 9.53 Å². The standard InChI is InChI=1S/C21H19NO2/c1-24-19-14-12-18(13-15-19)22-20(16-8-4-2-5-9-16)21(23)17-10-6-3-7-11-17/h2-15,20,22H,1H3/t20-/m1/s1. The molecular formula is C21H19NO2. The minimum absolute atomic E-state index is 0.0395. The van der Waals surface area contributed by atoms with Gasteiger partial charge in [-0.05, 0) is 29.8 Å². The van der Waals surface area contributed by atoms with Crippen LogP contribution in [0.15, 0.2) is 84.9 Å². The molecule has 120 valence electrons. The van der Waals surface area contributed by atoms with Crippen molar-refractivity contribution in [1.82, 2.24) is 0 Å². The van der Waals surface area contributed by atoms with E-state index in [1.54, 1.807) is 7.11 Å². The van der Waals surface area contributed by atoms with Crippen LogP contribution in [0.2, 0.25) is 0 Å². The van der Waals surface area contributed by atoms with Crippen LogP contribution in [0.4, 0.5) is 5.69 Å². The minimum atomic E-state index is -0.443. The van der Waals surface area contributed by atoms with Crippen molar-refractivity contribution in [3.05, 3.63) is 96.1 Å². The lowest BCUT2D eigenvalue weighted by Crippen LogP contribution is -2.21. The molecule has 3 aromatic carbocycles. The fraction of sp³-hybridized carbons (Fsp3) is 0.0952. The molecule has 0 bridgehead atoms. The molecule has 3 rings (SSSR count). The third-order valence-corrected chi connectivity index (χ3v) is 3.85. The van der Waals surface area contributed by atoms with Gasteiger partial charge in [0, 0.05) is 11.3 Å². The lowest BCUT2D eigenvalue weighted by Gasteiger charge is -2.19. The number of methoxy groups -OCH3 is 1. The van der Waals surface area contributed by atoms with Gasteiger partial charge < -0.3 is 10.1 Å². The molecule has 3 heteroatoms. The molecule has 0 spiro atoms. The summed E-state index contributed by atoms with van der Waals surface area (Å²) in [6.07, 6.45) is 0. The van der Waals surface area contributed by atoms with Crippen LogP contribution in [0.5, 0.6) is 5.75 Å². The van der Waals surface area contributed by atoms with Gasteiger partial charge in [0.25, 0.3) is 0 Å². The van der Waals surface area contributed by atoms with Crippen LogP contribution in [-0.2, 0) is 0 Å². The average Bonchev–Trinajstić information content (AvgIpc) is 2.67. The Morgan fingerprint density at radius 2 is 1.42 bits per heavy atom. The molecule has 0 aliphatic heterocycles. The van der Waals surface area contributed by atoms with Crippen LogP contribution >= 0.6 is 0 Å². The highest BCUT2D eigenvalue weighted by molar-refractivity contribution is 6.02. The van der Waals surface area contributed by atoms with E-state index in [1.165, 1.54) is 0 Å². The quantitative estimate of drug-likeness (QED) is 0.668. The first-order chi connectivity index (χ1) is 11.8. The zero-order valence-electron chi connectivity index (χ0n) is 13.5. The number of ketones is 1. The summed E-state index contributed by atoms with van der Waals surface area (Å²) in [6.45, 7) is 0. The van der Waals surface area contributed by atoms with E-state index >= 15 is 0 Å². The van der Waals surface area contributed by atoms with Gasteiger partial charge in [0.2, 0.25) is 0 Å². The summed E-state index contributed by atoms with van der Waals surface area (Å²) in [5.74, 6) is 0.823. The number of benzene rings is 3. The Morgan fingerprint density at radius 1 is 0.833 bits per heavy atom. The SMILES string of the molecule is COc1ccc(N[C@@H](C(=O)c2ccccc2)c2ccccc2)cc1. The van der Waals surface area contributed by atoms with Crippen molar-refractivity contribution in [3.63, 3.8) is 0 Å². The molecule has 0 aromatic heterocycles. The summed E-state index contributed by atoms with van der Waals surface area (Å²) >= 11 is 0. The second-order valence-electron chi connectivity index (χ2n) is 5.45. The maximum atomic E-state index is 13.0. The zero-order chi connectivity index (χ0) is 16.8. The summed E-state index contributed by atoms with van der Waals surface area (Å²) in [7, 11) is 1.63. The first kappa shape index (κ1) is 15.8. The van der Waals surface area contributed by atoms with Crippen molar-refractivity contribution in [2.75, 3.05) is 12.4 Å². The normalized spacial score (nSPS) is 11.5. The number of carbonyl (C=O) groups is 1. The van der Waals surface area contributed by atoms with Crippen LogP contribution in [0.25, 0.3) is 0 Å². The van der Waals surface area contributed by atoms with Gasteiger partial charge in [-0.1, -0.05) is 60.7 Å². The Labute approximate surface area is 141 Å². The van der Waals surface area contributed by atoms with Crippen LogP contribution in [0.1, 0.15) is 22.0 Å². The first-order valence-electron chi connectivity index (χ1n) is 7.83. The summed E-state index contributed by atoms with van der Waals surface area (Å²) in [4.78, 5) is 13.0. The fourth-order valence-electron chi connectivity index (χ4n) is 2.57. The molecule has 0 fully saturated rings. The van der Waals surface area contributed by atoms with Crippen molar-refractivity contribution >= 4 is 11.5 Å². The third kappa shape index (κ3) is 3.63. The van der Waals surface area contributed by atoms with E-state index in [0.717, 1.165) is 17.0 Å². The van der Waals surface area contributed by atoms with E-state index in [1.807, 2.05) is 84.9 Å². The van der Waals surface area contributed by atoms with E-state index in [2.05, 4.69) is 5.32 Å². The fourth-order valence-corrected chi connectivity index (χ4v) is 2.57. The van der Waals surface area contributed by atoms with E-state index in [-0.39, 0.29) is 5.78 Å². The monoisotopic (exact) mass is 317 g/mol. The van der Waals surface area contributed by atoms with E-state index in [0.29, 0.717) is 5.56 Å². The Balaban J connectivity index is 1.91. The summed E-state index contributed by atoms with van der Waals surface area (Å²) in [5.41, 5.74) is 2.49. The number of Topliss-reactive ketones (excluding diaryl/α,β-unsaturated/α-hetero) is 1. The van der Waals surface area contributed by atoms with Gasteiger partial charge in [-0.3, -0.25) is 4.79 Å². The Hall–Kier alpha value is -3.07. The number of hydrogen-bond acceptors (Lipinski definition) is 3. The second-order valence-corrected chi connectivity index (χ2v) is 5.45. The molecule has 0 unspecified atom stereocenters. The van der Waals surface area contributed by atoms with Gasteiger partial charge in [0.05, 0.1) is 7.11 Å². The van der Waals surface area contributed by atoms with Gasteiger partial charge in [-0.15, -0.1) is 0 Å². The van der Waals surface area contributed by atoms with E-state index < -0.39 is 6.04 Å². The second kappa shape index (κ2) is 7.47. The Bertz CT molecular complexity index is 783. The predicted octanol–water partition coefficient (Wildman–Crippen LogP) is 4.73. The number of anilines is 1. The third-order valence-electron chi connectivity index (χ3n) is 3.85. The number of rotatable bonds is 6. The van der Waals surface area contributed by atoms with E-state index in [4.69, 9.17) is 4.74 Å². The zero-order valence-corrected chi connectivity index (χ0v) is 13.5. The highest BCUT2D eigenvalue weighted by atomic mass is 16.5. The molecule has 24 heavy (non-hydrogen) atoms. The van der Waals surface area contributed by atoms with Gasteiger partial charge in [0.1, 0.15) is 11.8 Å². The molecule has 0 aliphatic rings. The molecule has 3 nitrogen and oxygen atoms in total. The van der Waals surface area contributed by atoms with Crippen LogP contribution in [-0.4, -0.2) is 12.9 Å². The molecular weight excluding hydrogens is 298 g/mol. The number of nitrogens with one attached hydrogen (secondary N) is 1. The van der Waals surface area contributed by atoms with Crippen molar-refractivity contribution in [3.8, 4) is 5.75 Å². The molecule has 0 saturated heterocycles. The summed E-state index contributed by atoms with van der Waals surface area (Å²) < 4.78 is 5.18. The van der Waals surface area contributed by atoms with E-state index in [9.17, 15) is 4.79 Å². The topological polar surface area (TPSA) is 38.3 Å². The highest BCUT2D eigenvalue weighted by Gasteiger charge is 2.21. The summed E-state index contributed by atoms with van der Waals surface area (Å²) in [5, 5.41) is 3.34. The Morgan fingerprint density at radius 3 is 2.00 bits per heavy atom. The minimum Gasteiger partial charge on any atom is -0.497 e. The van der Waals surface area contributed by atoms with Crippen LogP contribution < -0.4 is 10.1 Å². The largest absolute Gasteiger partial charge is 0.497 e. The number of carbonyl (C=O) groups excluding carboxylic acids is 1. The molecule has 1 N–H and O–H groups in total. The Kier molecular flexibility index (Phi) is 4.92. The molecule has 0 radical (unpaired) electrons. The molecule has 1 atom stereocenters. The lowest BCUT2D eigenvalue weighted by atomic mass is 9.97. The average molecular weight is 317 g/mol. The van der Waals surface area contributed by atoms with Crippen LogP contribution in [0.3, 0.4) is 0 Å². The molecule has 0 heterocycles. The van der Waals surface area contributed by atoms with Gasteiger partial charge in [-0.2, -0.15) is 0 Å². The van der Waals surface area contributed by atoms with Crippen molar-refractivity contribution in [1.29, 1.82) is 0 Å². The lowest BCUT2D eigenvalue weighted by molar-refractivity contribution is 0.0969. The van der Waals surface area contributed by atoms with Gasteiger partial charge in [0.15, 0.2) is 5.78 Å². The predicted molar refractivity (Wildman–Crippen MR) is 96.6 cm³/mol. The molecule has 0 amide bonds. The number of ether oxygens (including phenoxy) is 1. The van der Waals surface area contributed by atoms with Crippen LogP contribution in [0, 0.1) is 0 Å². The van der Waals surface area contributed by atoms with Gasteiger partial charge >= 0.3 is 0 Å². The molecule has 0 saturated carbocycles. The summed E-state index contributed by atoms with van der Waals surface area (Å²) in [6, 6.07) is 26.2. The maximum absolute atomic E-state index is 13.0. The van der Waals surface area contributed by atoms with Crippen molar-refractivity contribution in [2.45, 2.75) is 6.04 Å². The first-order valence-corrected chi connectivity index (χ1v) is 7.83. The maximum Gasteiger partial charge on any atom is 0.189 e. The van der Waals surface area contributed by atoms with Gasteiger partial charge in [-0.25, -0.2) is 0 Å². The smallest absolute Gasteiger partial charge is 0.189 e. The molecule has 0 aliphatic carbocycles. The molecule has 3 aromatic rings. The number of hydrogen-bond donors (Lipinski definition) is 1. The highest BCUT2D eigenvalue weighted by Crippen LogP contribution is 2.25.